The number of anilines is 1. The van der Waals surface area contributed by atoms with Crippen molar-refractivity contribution in [3.63, 3.8) is 0 Å². The molecule has 0 fully saturated rings. The summed E-state index contributed by atoms with van der Waals surface area (Å²) in [6, 6.07) is 17.6. The minimum Gasteiger partial charge on any atom is -0.322 e. The summed E-state index contributed by atoms with van der Waals surface area (Å²) in [6.45, 7) is 0. The van der Waals surface area contributed by atoms with Gasteiger partial charge in [0.2, 0.25) is 0 Å². The first-order valence-electron chi connectivity index (χ1n) is 7.14. The number of halogens is 1. The summed E-state index contributed by atoms with van der Waals surface area (Å²) in [5, 5.41) is 4.94. The average molecular weight is 360 g/mol. The van der Waals surface area contributed by atoms with Crippen LogP contribution in [0.5, 0.6) is 0 Å². The fraction of sp³-hybridized carbons (Fsp3) is 0.0556. The van der Waals surface area contributed by atoms with Crippen LogP contribution in [0.2, 0.25) is 5.02 Å². The number of hydrogen-bond donors (Lipinski definition) is 1. The van der Waals surface area contributed by atoms with E-state index in [0.717, 1.165) is 17.0 Å². The topological polar surface area (TPSA) is 63.2 Å². The number of amides is 1. The van der Waals surface area contributed by atoms with E-state index in [1.54, 1.807) is 6.07 Å². The van der Waals surface area contributed by atoms with Gasteiger partial charge in [-0.2, -0.15) is 0 Å². The van der Waals surface area contributed by atoms with Gasteiger partial charge in [-0.15, -0.1) is 0 Å². The zero-order chi connectivity index (χ0) is 17.3. The summed E-state index contributed by atoms with van der Waals surface area (Å²) in [6.07, 6.45) is 1.05. The Kier molecular flexibility index (Phi) is 4.30. The van der Waals surface area contributed by atoms with Crippen molar-refractivity contribution in [2.24, 2.45) is 0 Å². The van der Waals surface area contributed by atoms with Crippen LogP contribution in [0.3, 0.4) is 0 Å². The van der Waals surface area contributed by atoms with Gasteiger partial charge in [-0.05, 0) is 41.1 Å². The first kappa shape index (κ1) is 16.5. The minimum absolute atomic E-state index is 0.0599. The zero-order valence-corrected chi connectivity index (χ0v) is 14.4. The molecule has 0 aliphatic rings. The fourth-order valence-electron chi connectivity index (χ4n) is 2.40. The number of rotatable bonds is 3. The van der Waals surface area contributed by atoms with Crippen molar-refractivity contribution < 1.29 is 13.2 Å². The maximum Gasteiger partial charge on any atom is 0.255 e. The van der Waals surface area contributed by atoms with E-state index in [2.05, 4.69) is 5.32 Å². The lowest BCUT2D eigenvalue weighted by Crippen LogP contribution is -2.13. The number of carbonyl (C=O) groups excluding carboxylic acids is 1. The maximum absolute atomic E-state index is 12.4. The van der Waals surface area contributed by atoms with Gasteiger partial charge in [0.05, 0.1) is 9.92 Å². The molecule has 0 aromatic heterocycles. The Labute approximate surface area is 145 Å². The summed E-state index contributed by atoms with van der Waals surface area (Å²) < 4.78 is 23.4. The molecular formula is C18H14ClNO3S. The van der Waals surface area contributed by atoms with Gasteiger partial charge in [0.15, 0.2) is 9.84 Å². The average Bonchev–Trinajstić information content (AvgIpc) is 2.54. The van der Waals surface area contributed by atoms with Gasteiger partial charge in [-0.3, -0.25) is 4.79 Å². The number of sulfone groups is 1. The van der Waals surface area contributed by atoms with Gasteiger partial charge in [0.25, 0.3) is 5.91 Å². The molecular weight excluding hydrogens is 346 g/mol. The van der Waals surface area contributed by atoms with E-state index in [0.29, 0.717) is 5.69 Å². The maximum atomic E-state index is 12.4. The van der Waals surface area contributed by atoms with Crippen LogP contribution < -0.4 is 5.32 Å². The highest BCUT2D eigenvalue weighted by molar-refractivity contribution is 7.90. The Bertz CT molecular complexity index is 1050. The van der Waals surface area contributed by atoms with Gasteiger partial charge < -0.3 is 5.32 Å². The molecule has 0 unspecified atom stereocenters. The highest BCUT2D eigenvalue weighted by Gasteiger charge is 2.16. The van der Waals surface area contributed by atoms with Crippen molar-refractivity contribution in [2.45, 2.75) is 4.90 Å². The Morgan fingerprint density at radius 2 is 1.67 bits per heavy atom. The van der Waals surface area contributed by atoms with Crippen molar-refractivity contribution >= 4 is 43.8 Å². The number of hydrogen-bond acceptors (Lipinski definition) is 3. The van der Waals surface area contributed by atoms with Crippen LogP contribution in [-0.2, 0) is 9.84 Å². The molecule has 1 N–H and O–H groups in total. The second kappa shape index (κ2) is 6.26. The van der Waals surface area contributed by atoms with Crippen LogP contribution in [0.15, 0.2) is 65.6 Å². The Balaban J connectivity index is 1.91. The van der Waals surface area contributed by atoms with Crippen LogP contribution in [-0.4, -0.2) is 20.6 Å². The molecule has 1 amide bonds. The molecule has 0 heterocycles. The van der Waals surface area contributed by atoms with Crippen LogP contribution >= 0.6 is 11.6 Å². The summed E-state index contributed by atoms with van der Waals surface area (Å²) in [4.78, 5) is 12.3. The van der Waals surface area contributed by atoms with Crippen LogP contribution in [0.4, 0.5) is 5.69 Å². The summed E-state index contributed by atoms with van der Waals surface area (Å²) >= 11 is 5.90. The van der Waals surface area contributed by atoms with Gasteiger partial charge in [0, 0.05) is 17.5 Å². The Hall–Kier alpha value is -2.37. The minimum atomic E-state index is -3.50. The van der Waals surface area contributed by atoms with E-state index in [9.17, 15) is 13.2 Å². The third-order valence-corrected chi connectivity index (χ3v) is 5.18. The largest absolute Gasteiger partial charge is 0.322 e. The van der Waals surface area contributed by atoms with Crippen molar-refractivity contribution in [2.75, 3.05) is 11.6 Å². The summed E-state index contributed by atoms with van der Waals surface area (Å²) in [5.74, 6) is -0.396. The predicted octanol–water partition coefficient (Wildman–Crippen LogP) is 4.15. The first-order valence-corrected chi connectivity index (χ1v) is 9.41. The lowest BCUT2D eigenvalue weighted by molar-refractivity contribution is 0.102. The van der Waals surface area contributed by atoms with Gasteiger partial charge in [-0.1, -0.05) is 41.9 Å². The zero-order valence-electron chi connectivity index (χ0n) is 12.8. The lowest BCUT2D eigenvalue weighted by atomic mass is 10.1. The highest BCUT2D eigenvalue weighted by Crippen LogP contribution is 2.24. The number of nitrogens with one attached hydrogen (secondary N) is 1. The number of benzene rings is 3. The third-order valence-electron chi connectivity index (χ3n) is 3.60. The Morgan fingerprint density at radius 3 is 2.38 bits per heavy atom. The molecule has 0 aliphatic carbocycles. The van der Waals surface area contributed by atoms with Crippen molar-refractivity contribution in [1.82, 2.24) is 0 Å². The summed E-state index contributed by atoms with van der Waals surface area (Å²) in [5.41, 5.74) is 0.863. The molecule has 3 aromatic rings. The van der Waals surface area contributed by atoms with E-state index in [-0.39, 0.29) is 15.5 Å². The molecule has 0 saturated carbocycles. The van der Waals surface area contributed by atoms with E-state index < -0.39 is 15.7 Å². The highest BCUT2D eigenvalue weighted by atomic mass is 35.5. The summed E-state index contributed by atoms with van der Waals surface area (Å²) in [7, 11) is -3.50. The standard InChI is InChI=1S/C18H14ClNO3S/c1-24(22,23)17-11-14(7-9-16(17)19)18(21)20-15-8-6-12-4-2-3-5-13(12)10-15/h2-11H,1H3,(H,20,21). The van der Waals surface area contributed by atoms with Gasteiger partial charge in [0.1, 0.15) is 0 Å². The lowest BCUT2D eigenvalue weighted by Gasteiger charge is -2.08. The van der Waals surface area contributed by atoms with E-state index in [1.165, 1.54) is 18.2 Å². The molecule has 0 atom stereocenters. The smallest absolute Gasteiger partial charge is 0.255 e. The molecule has 122 valence electrons. The molecule has 24 heavy (non-hydrogen) atoms. The second-order valence-corrected chi connectivity index (χ2v) is 7.82. The molecule has 0 aliphatic heterocycles. The molecule has 0 saturated heterocycles. The van der Waals surface area contributed by atoms with Crippen LogP contribution in [0.1, 0.15) is 10.4 Å². The second-order valence-electron chi connectivity index (χ2n) is 5.43. The predicted molar refractivity (Wildman–Crippen MR) is 96.5 cm³/mol. The van der Waals surface area contributed by atoms with Crippen LogP contribution in [0, 0.1) is 0 Å². The van der Waals surface area contributed by atoms with E-state index in [4.69, 9.17) is 11.6 Å². The molecule has 4 nitrogen and oxygen atoms in total. The van der Waals surface area contributed by atoms with E-state index in [1.807, 2.05) is 36.4 Å². The molecule has 6 heteroatoms. The molecule has 0 bridgehead atoms. The van der Waals surface area contributed by atoms with Gasteiger partial charge in [-0.25, -0.2) is 8.42 Å². The van der Waals surface area contributed by atoms with Crippen LogP contribution in [0.25, 0.3) is 10.8 Å². The quantitative estimate of drug-likeness (QED) is 0.764. The first-order chi connectivity index (χ1) is 11.3. The normalized spacial score (nSPS) is 11.4. The van der Waals surface area contributed by atoms with Crippen molar-refractivity contribution in [3.8, 4) is 0 Å². The fourth-order valence-corrected chi connectivity index (χ4v) is 3.70. The van der Waals surface area contributed by atoms with Crippen molar-refractivity contribution in [3.05, 3.63) is 71.2 Å². The monoisotopic (exact) mass is 359 g/mol. The number of fused-ring (bicyclic) bond motifs is 1. The molecule has 3 aromatic carbocycles. The third kappa shape index (κ3) is 3.42. The van der Waals surface area contributed by atoms with E-state index >= 15 is 0 Å². The van der Waals surface area contributed by atoms with Gasteiger partial charge >= 0.3 is 0 Å². The Morgan fingerprint density at radius 1 is 0.958 bits per heavy atom. The number of carbonyl (C=O) groups is 1. The molecule has 0 radical (unpaired) electrons. The molecule has 0 spiro atoms. The molecule has 3 rings (SSSR count). The SMILES string of the molecule is CS(=O)(=O)c1cc(C(=O)Nc2ccc3ccccc3c2)ccc1Cl. The van der Waals surface area contributed by atoms with Crippen molar-refractivity contribution in [1.29, 1.82) is 0 Å².